The molecule has 0 bridgehead atoms. The molecule has 4 nitrogen and oxygen atoms in total. The van der Waals surface area contributed by atoms with E-state index in [-0.39, 0.29) is 5.91 Å². The average Bonchev–Trinajstić information content (AvgIpc) is 2.61. The predicted octanol–water partition coefficient (Wildman–Crippen LogP) is 3.39. The van der Waals surface area contributed by atoms with Crippen molar-refractivity contribution < 1.29 is 4.79 Å². The Balaban J connectivity index is 1.52. The molecule has 0 radical (unpaired) electrons. The predicted molar refractivity (Wildman–Crippen MR) is 96.7 cm³/mol. The fourth-order valence-corrected chi connectivity index (χ4v) is 3.32. The summed E-state index contributed by atoms with van der Waals surface area (Å²) in [6.45, 7) is 4.11. The number of carbonyl (C=O) groups excluding carboxylic acids is 1. The molecule has 2 aromatic rings. The van der Waals surface area contributed by atoms with Crippen LogP contribution in [0.2, 0.25) is 10.0 Å². The number of halogens is 2. The third kappa shape index (κ3) is 4.26. The average molecular weight is 364 g/mol. The molecule has 1 aliphatic rings. The molecule has 1 aliphatic heterocycles. The van der Waals surface area contributed by atoms with E-state index in [9.17, 15) is 4.79 Å². The van der Waals surface area contributed by atoms with Crippen molar-refractivity contribution in [1.29, 1.82) is 0 Å². The summed E-state index contributed by atoms with van der Waals surface area (Å²) < 4.78 is 0. The molecule has 0 aliphatic carbocycles. The summed E-state index contributed by atoms with van der Waals surface area (Å²) >= 11 is 12.0. The lowest BCUT2D eigenvalue weighted by molar-refractivity contribution is 0.0638. The second kappa shape index (κ2) is 7.97. The molecular formula is C18H19Cl2N3O. The molecule has 2 heterocycles. The first-order valence-corrected chi connectivity index (χ1v) is 8.75. The molecule has 126 valence electrons. The zero-order chi connectivity index (χ0) is 16.9. The van der Waals surface area contributed by atoms with Crippen LogP contribution in [0.5, 0.6) is 0 Å². The van der Waals surface area contributed by atoms with Crippen LogP contribution < -0.4 is 0 Å². The molecule has 24 heavy (non-hydrogen) atoms. The van der Waals surface area contributed by atoms with Gasteiger partial charge in [0.2, 0.25) is 0 Å². The van der Waals surface area contributed by atoms with Crippen LogP contribution in [-0.4, -0.2) is 53.4 Å². The van der Waals surface area contributed by atoms with Crippen molar-refractivity contribution >= 4 is 29.1 Å². The third-order valence-corrected chi connectivity index (χ3v) is 4.78. The molecule has 0 spiro atoms. The van der Waals surface area contributed by atoms with Gasteiger partial charge in [0.1, 0.15) is 0 Å². The van der Waals surface area contributed by atoms with E-state index < -0.39 is 0 Å². The first-order valence-electron chi connectivity index (χ1n) is 8.00. The Kier molecular flexibility index (Phi) is 5.72. The standard InChI is InChI=1S/C18H19Cl2N3O/c19-14-4-5-16(17(20)13-14)18(24)23-11-9-22(10-12-23)8-6-15-3-1-2-7-21-15/h1-5,7,13H,6,8-12H2. The zero-order valence-corrected chi connectivity index (χ0v) is 14.8. The highest BCUT2D eigenvalue weighted by molar-refractivity contribution is 6.36. The molecule has 0 saturated carbocycles. The van der Waals surface area contributed by atoms with Crippen molar-refractivity contribution in [1.82, 2.24) is 14.8 Å². The summed E-state index contributed by atoms with van der Waals surface area (Å²) in [6.07, 6.45) is 2.75. The molecule has 0 N–H and O–H groups in total. The minimum absolute atomic E-state index is 0.0268. The molecular weight excluding hydrogens is 345 g/mol. The summed E-state index contributed by atoms with van der Waals surface area (Å²) in [5, 5.41) is 0.945. The summed E-state index contributed by atoms with van der Waals surface area (Å²) in [5.41, 5.74) is 1.62. The maximum absolute atomic E-state index is 12.6. The second-order valence-electron chi connectivity index (χ2n) is 5.83. The van der Waals surface area contributed by atoms with Crippen LogP contribution in [-0.2, 0) is 6.42 Å². The van der Waals surface area contributed by atoms with Gasteiger partial charge in [0, 0.05) is 56.1 Å². The molecule has 1 fully saturated rings. The number of hydrogen-bond donors (Lipinski definition) is 0. The third-order valence-electron chi connectivity index (χ3n) is 4.23. The van der Waals surface area contributed by atoms with Gasteiger partial charge in [0.05, 0.1) is 10.6 Å². The lowest BCUT2D eigenvalue weighted by Gasteiger charge is -2.34. The fourth-order valence-electron chi connectivity index (χ4n) is 2.83. The number of benzene rings is 1. The largest absolute Gasteiger partial charge is 0.336 e. The number of piperazine rings is 1. The van der Waals surface area contributed by atoms with Gasteiger partial charge in [-0.1, -0.05) is 29.3 Å². The number of hydrogen-bond acceptors (Lipinski definition) is 3. The minimum atomic E-state index is -0.0268. The Morgan fingerprint density at radius 1 is 1.08 bits per heavy atom. The van der Waals surface area contributed by atoms with Crippen LogP contribution in [0, 0.1) is 0 Å². The van der Waals surface area contributed by atoms with Gasteiger partial charge in [-0.25, -0.2) is 0 Å². The molecule has 0 unspecified atom stereocenters. The van der Waals surface area contributed by atoms with E-state index in [0.29, 0.717) is 28.7 Å². The van der Waals surface area contributed by atoms with Gasteiger partial charge in [-0.05, 0) is 30.3 Å². The van der Waals surface area contributed by atoms with E-state index in [2.05, 4.69) is 9.88 Å². The quantitative estimate of drug-likeness (QED) is 0.835. The van der Waals surface area contributed by atoms with Crippen LogP contribution in [0.25, 0.3) is 0 Å². The number of rotatable bonds is 4. The van der Waals surface area contributed by atoms with Crippen LogP contribution >= 0.6 is 23.2 Å². The molecule has 6 heteroatoms. The molecule has 1 aromatic carbocycles. The Labute approximate surface area is 152 Å². The number of carbonyl (C=O) groups is 1. The summed E-state index contributed by atoms with van der Waals surface area (Å²) in [5.74, 6) is -0.0268. The molecule has 3 rings (SSSR count). The Bertz CT molecular complexity index is 701. The van der Waals surface area contributed by atoms with Gasteiger partial charge >= 0.3 is 0 Å². The molecule has 1 amide bonds. The SMILES string of the molecule is O=C(c1ccc(Cl)cc1Cl)N1CCN(CCc2ccccn2)CC1. The van der Waals surface area contributed by atoms with Gasteiger partial charge in [-0.3, -0.25) is 14.7 Å². The van der Waals surface area contributed by atoms with Crippen LogP contribution in [0.3, 0.4) is 0 Å². The molecule has 1 aromatic heterocycles. The van der Waals surface area contributed by atoms with E-state index in [1.54, 1.807) is 18.2 Å². The van der Waals surface area contributed by atoms with E-state index in [1.165, 1.54) is 0 Å². The minimum Gasteiger partial charge on any atom is -0.336 e. The number of nitrogens with zero attached hydrogens (tertiary/aromatic N) is 3. The van der Waals surface area contributed by atoms with Crippen molar-refractivity contribution in [3.63, 3.8) is 0 Å². The van der Waals surface area contributed by atoms with Crippen molar-refractivity contribution in [2.75, 3.05) is 32.7 Å². The van der Waals surface area contributed by atoms with E-state index in [1.807, 2.05) is 29.3 Å². The number of pyridine rings is 1. The highest BCUT2D eigenvalue weighted by Gasteiger charge is 2.23. The monoisotopic (exact) mass is 363 g/mol. The van der Waals surface area contributed by atoms with Gasteiger partial charge in [0.25, 0.3) is 5.91 Å². The highest BCUT2D eigenvalue weighted by atomic mass is 35.5. The lowest BCUT2D eigenvalue weighted by atomic mass is 10.1. The van der Waals surface area contributed by atoms with E-state index in [0.717, 1.165) is 31.7 Å². The summed E-state index contributed by atoms with van der Waals surface area (Å²) in [6, 6.07) is 11.0. The maximum Gasteiger partial charge on any atom is 0.255 e. The van der Waals surface area contributed by atoms with E-state index in [4.69, 9.17) is 23.2 Å². The Hall–Kier alpha value is -1.62. The van der Waals surface area contributed by atoms with Gasteiger partial charge in [0.15, 0.2) is 0 Å². The first kappa shape index (κ1) is 17.2. The van der Waals surface area contributed by atoms with Gasteiger partial charge < -0.3 is 4.90 Å². The van der Waals surface area contributed by atoms with E-state index >= 15 is 0 Å². The Morgan fingerprint density at radius 3 is 2.54 bits per heavy atom. The lowest BCUT2D eigenvalue weighted by Crippen LogP contribution is -2.49. The molecule has 1 saturated heterocycles. The van der Waals surface area contributed by atoms with Crippen molar-refractivity contribution in [2.45, 2.75) is 6.42 Å². The highest BCUT2D eigenvalue weighted by Crippen LogP contribution is 2.22. The maximum atomic E-state index is 12.6. The van der Waals surface area contributed by atoms with Crippen molar-refractivity contribution in [3.8, 4) is 0 Å². The summed E-state index contributed by atoms with van der Waals surface area (Å²) in [7, 11) is 0. The van der Waals surface area contributed by atoms with Crippen molar-refractivity contribution in [2.24, 2.45) is 0 Å². The molecule has 0 atom stereocenters. The second-order valence-corrected chi connectivity index (χ2v) is 6.67. The normalized spacial score (nSPS) is 15.5. The smallest absolute Gasteiger partial charge is 0.255 e. The summed E-state index contributed by atoms with van der Waals surface area (Å²) in [4.78, 5) is 21.2. The zero-order valence-electron chi connectivity index (χ0n) is 13.3. The van der Waals surface area contributed by atoms with Gasteiger partial charge in [-0.15, -0.1) is 0 Å². The van der Waals surface area contributed by atoms with Crippen LogP contribution in [0.1, 0.15) is 16.1 Å². The topological polar surface area (TPSA) is 36.4 Å². The fraction of sp³-hybridized carbons (Fsp3) is 0.333. The van der Waals surface area contributed by atoms with Crippen LogP contribution in [0.15, 0.2) is 42.6 Å². The first-order chi connectivity index (χ1) is 11.6. The van der Waals surface area contributed by atoms with Crippen LogP contribution in [0.4, 0.5) is 0 Å². The number of amides is 1. The Morgan fingerprint density at radius 2 is 1.88 bits per heavy atom. The number of aromatic nitrogens is 1. The van der Waals surface area contributed by atoms with Gasteiger partial charge in [-0.2, -0.15) is 0 Å². The van der Waals surface area contributed by atoms with Crippen molar-refractivity contribution in [3.05, 3.63) is 63.9 Å².